The molecule has 17 heavy (non-hydrogen) atoms. The topological polar surface area (TPSA) is 77.8 Å². The minimum atomic E-state index is -0.969. The van der Waals surface area contributed by atoms with Crippen molar-refractivity contribution in [2.75, 3.05) is 0 Å². The predicted molar refractivity (Wildman–Crippen MR) is 64.4 cm³/mol. The third-order valence-electron chi connectivity index (χ3n) is 2.88. The highest BCUT2D eigenvalue weighted by atomic mass is 16.4. The van der Waals surface area contributed by atoms with E-state index < -0.39 is 11.9 Å². The maximum absolute atomic E-state index is 11.2. The number of aryl methyl sites for hydroxylation is 1. The molecule has 94 valence electrons. The van der Waals surface area contributed by atoms with Crippen LogP contribution in [-0.4, -0.2) is 21.3 Å². The molecule has 0 spiro atoms. The average Bonchev–Trinajstić information content (AvgIpc) is 2.20. The number of carboxylic acids is 1. The summed E-state index contributed by atoms with van der Waals surface area (Å²) in [6, 6.07) is 2.79. The van der Waals surface area contributed by atoms with E-state index in [1.165, 1.54) is 6.07 Å². The molecule has 0 aliphatic carbocycles. The fraction of sp³-hybridized carbons (Fsp3) is 0.462. The average molecular weight is 238 g/mol. The highest BCUT2D eigenvalue weighted by molar-refractivity contribution is 5.78. The maximum Gasteiger partial charge on any atom is 0.311 e. The van der Waals surface area contributed by atoms with E-state index >= 15 is 0 Å². The Hall–Kier alpha value is -1.71. The summed E-state index contributed by atoms with van der Waals surface area (Å²) in [5.41, 5.74) is 1.01. The molecule has 0 aliphatic heterocycles. The van der Waals surface area contributed by atoms with E-state index in [9.17, 15) is 20.1 Å². The van der Waals surface area contributed by atoms with Gasteiger partial charge in [0, 0.05) is 11.6 Å². The minimum absolute atomic E-state index is 0.00152. The molecule has 0 aliphatic rings. The van der Waals surface area contributed by atoms with Crippen LogP contribution in [0.1, 0.15) is 37.8 Å². The summed E-state index contributed by atoms with van der Waals surface area (Å²) in [6.45, 7) is 5.44. The SMILES string of the molecule is CCc1cc(C(C(=O)O)C(C)C)c(O)cc1O. The Kier molecular flexibility index (Phi) is 3.99. The molecule has 1 atom stereocenters. The van der Waals surface area contributed by atoms with Crippen LogP contribution in [-0.2, 0) is 11.2 Å². The van der Waals surface area contributed by atoms with Crippen LogP contribution < -0.4 is 0 Å². The third-order valence-corrected chi connectivity index (χ3v) is 2.88. The molecule has 1 aromatic rings. The number of carboxylic acid groups (broad SMARTS) is 1. The summed E-state index contributed by atoms with van der Waals surface area (Å²) < 4.78 is 0. The van der Waals surface area contributed by atoms with Crippen LogP contribution in [0.3, 0.4) is 0 Å². The van der Waals surface area contributed by atoms with Gasteiger partial charge in [-0.15, -0.1) is 0 Å². The highest BCUT2D eigenvalue weighted by Crippen LogP contribution is 2.36. The van der Waals surface area contributed by atoms with Crippen molar-refractivity contribution in [3.63, 3.8) is 0 Å². The van der Waals surface area contributed by atoms with Crippen LogP contribution in [0.5, 0.6) is 11.5 Å². The highest BCUT2D eigenvalue weighted by Gasteiger charge is 2.27. The summed E-state index contributed by atoms with van der Waals surface area (Å²) in [5, 5.41) is 28.5. The molecule has 0 saturated carbocycles. The lowest BCUT2D eigenvalue weighted by Gasteiger charge is -2.19. The Bertz CT molecular complexity index is 424. The quantitative estimate of drug-likeness (QED) is 0.753. The van der Waals surface area contributed by atoms with Crippen LogP contribution >= 0.6 is 0 Å². The van der Waals surface area contributed by atoms with Gasteiger partial charge in [0.15, 0.2) is 0 Å². The number of hydrogen-bond donors (Lipinski definition) is 3. The Morgan fingerprint density at radius 3 is 2.24 bits per heavy atom. The lowest BCUT2D eigenvalue weighted by Crippen LogP contribution is -2.17. The van der Waals surface area contributed by atoms with Gasteiger partial charge in [-0.05, 0) is 24.0 Å². The van der Waals surface area contributed by atoms with E-state index in [1.807, 2.05) is 6.92 Å². The molecule has 1 rings (SSSR count). The van der Waals surface area contributed by atoms with Gasteiger partial charge in [-0.2, -0.15) is 0 Å². The van der Waals surface area contributed by atoms with Gasteiger partial charge in [-0.3, -0.25) is 4.79 Å². The second-order valence-electron chi connectivity index (χ2n) is 4.45. The van der Waals surface area contributed by atoms with Gasteiger partial charge in [0.25, 0.3) is 0 Å². The van der Waals surface area contributed by atoms with Crippen molar-refractivity contribution in [3.05, 3.63) is 23.3 Å². The number of hydrogen-bond acceptors (Lipinski definition) is 3. The van der Waals surface area contributed by atoms with Crippen molar-refractivity contribution in [1.82, 2.24) is 0 Å². The van der Waals surface area contributed by atoms with Gasteiger partial charge in [-0.25, -0.2) is 0 Å². The molecule has 0 radical (unpaired) electrons. The maximum atomic E-state index is 11.2. The van der Waals surface area contributed by atoms with E-state index in [1.54, 1.807) is 19.9 Å². The first-order valence-electron chi connectivity index (χ1n) is 5.66. The number of phenols is 2. The molecule has 0 saturated heterocycles. The Morgan fingerprint density at radius 2 is 1.82 bits per heavy atom. The molecular formula is C13H18O4. The number of aromatic hydroxyl groups is 2. The zero-order valence-corrected chi connectivity index (χ0v) is 10.3. The van der Waals surface area contributed by atoms with E-state index in [2.05, 4.69) is 0 Å². The Labute approximate surface area is 101 Å². The first kappa shape index (κ1) is 13.4. The summed E-state index contributed by atoms with van der Waals surface area (Å²) in [5.74, 6) is -2.03. The van der Waals surface area contributed by atoms with Crippen LogP contribution in [0.4, 0.5) is 0 Å². The molecule has 3 N–H and O–H groups in total. The first-order valence-corrected chi connectivity index (χ1v) is 5.66. The van der Waals surface area contributed by atoms with Crippen LogP contribution in [0, 0.1) is 5.92 Å². The lowest BCUT2D eigenvalue weighted by atomic mass is 9.86. The Balaban J connectivity index is 3.33. The normalized spacial score (nSPS) is 12.7. The molecule has 4 heteroatoms. The molecule has 1 aromatic carbocycles. The van der Waals surface area contributed by atoms with Crippen LogP contribution in [0.15, 0.2) is 12.1 Å². The zero-order valence-electron chi connectivity index (χ0n) is 10.3. The fourth-order valence-corrected chi connectivity index (χ4v) is 1.95. The van der Waals surface area contributed by atoms with Crippen LogP contribution in [0.25, 0.3) is 0 Å². The number of benzene rings is 1. The van der Waals surface area contributed by atoms with Crippen molar-refractivity contribution in [2.45, 2.75) is 33.1 Å². The van der Waals surface area contributed by atoms with E-state index in [0.717, 1.165) is 0 Å². The van der Waals surface area contributed by atoms with Crippen molar-refractivity contribution in [1.29, 1.82) is 0 Å². The van der Waals surface area contributed by atoms with Crippen LogP contribution in [0.2, 0.25) is 0 Å². The summed E-state index contributed by atoms with van der Waals surface area (Å²) >= 11 is 0. The lowest BCUT2D eigenvalue weighted by molar-refractivity contribution is -0.139. The van der Waals surface area contributed by atoms with Crippen molar-refractivity contribution in [2.24, 2.45) is 5.92 Å². The first-order chi connectivity index (χ1) is 7.88. The van der Waals surface area contributed by atoms with Gasteiger partial charge >= 0.3 is 5.97 Å². The van der Waals surface area contributed by atoms with Gasteiger partial charge in [0.2, 0.25) is 0 Å². The van der Waals surface area contributed by atoms with E-state index in [4.69, 9.17) is 0 Å². The minimum Gasteiger partial charge on any atom is -0.508 e. The van der Waals surface area contributed by atoms with Crippen molar-refractivity contribution >= 4 is 5.97 Å². The van der Waals surface area contributed by atoms with Gasteiger partial charge in [-0.1, -0.05) is 20.8 Å². The zero-order chi connectivity index (χ0) is 13.2. The molecule has 0 fully saturated rings. The number of rotatable bonds is 4. The summed E-state index contributed by atoms with van der Waals surface area (Å²) in [4.78, 5) is 11.2. The van der Waals surface area contributed by atoms with E-state index in [0.29, 0.717) is 17.5 Å². The molecule has 0 bridgehead atoms. The number of carbonyl (C=O) groups is 1. The number of aliphatic carboxylic acids is 1. The monoisotopic (exact) mass is 238 g/mol. The second-order valence-corrected chi connectivity index (χ2v) is 4.45. The van der Waals surface area contributed by atoms with Gasteiger partial charge in [0.1, 0.15) is 11.5 Å². The molecule has 1 unspecified atom stereocenters. The van der Waals surface area contributed by atoms with Crippen molar-refractivity contribution in [3.8, 4) is 11.5 Å². The van der Waals surface area contributed by atoms with Crippen molar-refractivity contribution < 1.29 is 20.1 Å². The fourth-order valence-electron chi connectivity index (χ4n) is 1.95. The summed E-state index contributed by atoms with van der Waals surface area (Å²) in [7, 11) is 0. The Morgan fingerprint density at radius 1 is 1.24 bits per heavy atom. The summed E-state index contributed by atoms with van der Waals surface area (Å²) in [6.07, 6.45) is 0.587. The van der Waals surface area contributed by atoms with Gasteiger partial charge in [0.05, 0.1) is 5.92 Å². The molecule has 0 aromatic heterocycles. The van der Waals surface area contributed by atoms with E-state index in [-0.39, 0.29) is 17.4 Å². The smallest absolute Gasteiger partial charge is 0.311 e. The predicted octanol–water partition coefficient (Wildman–Crippen LogP) is 2.48. The molecular weight excluding hydrogens is 220 g/mol. The standard InChI is InChI=1S/C13H18O4/c1-4-8-5-9(11(15)6-10(8)14)12(7(2)3)13(16)17/h5-7,12,14-15H,4H2,1-3H3,(H,16,17). The second kappa shape index (κ2) is 5.08. The molecule has 0 heterocycles. The molecule has 0 amide bonds. The molecule has 4 nitrogen and oxygen atoms in total. The largest absolute Gasteiger partial charge is 0.508 e. The number of phenolic OH excluding ortho intramolecular Hbond substituents is 2. The third kappa shape index (κ3) is 2.70. The van der Waals surface area contributed by atoms with Gasteiger partial charge < -0.3 is 15.3 Å².